The predicted molar refractivity (Wildman–Crippen MR) is 80.0 cm³/mol. The first kappa shape index (κ1) is 13.1. The lowest BCUT2D eigenvalue weighted by atomic mass is 10.1. The van der Waals surface area contributed by atoms with Crippen LogP contribution in [0.15, 0.2) is 24.3 Å². The average Bonchev–Trinajstić information content (AvgIpc) is 3.15. The number of hydrogen-bond donors (Lipinski definition) is 1. The van der Waals surface area contributed by atoms with E-state index >= 15 is 0 Å². The first-order chi connectivity index (χ1) is 9.42. The molecule has 1 fully saturated rings. The van der Waals surface area contributed by atoms with Crippen LogP contribution in [0, 0.1) is 0 Å². The summed E-state index contributed by atoms with van der Waals surface area (Å²) in [4.78, 5) is 2.59. The van der Waals surface area contributed by atoms with Gasteiger partial charge in [0.15, 0.2) is 0 Å². The smallest absolute Gasteiger partial charge is 0.0240 e. The van der Waals surface area contributed by atoms with E-state index in [2.05, 4.69) is 34.5 Å². The number of unbranched alkanes of at least 4 members (excludes halogenated alkanes) is 3. The molecule has 0 bridgehead atoms. The van der Waals surface area contributed by atoms with E-state index in [0.29, 0.717) is 0 Å². The van der Waals surface area contributed by atoms with Gasteiger partial charge in [-0.05, 0) is 49.9 Å². The Bertz CT molecular complexity index is 373. The molecule has 0 amide bonds. The first-order valence-electron chi connectivity index (χ1n) is 7.94. The van der Waals surface area contributed by atoms with Gasteiger partial charge in [-0.3, -0.25) is 4.90 Å². The van der Waals surface area contributed by atoms with E-state index in [1.165, 1.54) is 75.8 Å². The number of benzene rings is 1. The molecule has 1 aromatic carbocycles. The molecule has 0 spiro atoms. The molecule has 0 radical (unpaired) electrons. The van der Waals surface area contributed by atoms with Gasteiger partial charge < -0.3 is 5.32 Å². The molecule has 0 atom stereocenters. The molecule has 0 aromatic heterocycles. The summed E-state index contributed by atoms with van der Waals surface area (Å²) in [5.41, 5.74) is 3.08. The summed E-state index contributed by atoms with van der Waals surface area (Å²) in [5.74, 6) is 0. The molecule has 1 heterocycles. The van der Waals surface area contributed by atoms with Gasteiger partial charge in [0.05, 0.1) is 0 Å². The molecule has 104 valence electrons. The molecule has 1 N–H and O–H groups in total. The van der Waals surface area contributed by atoms with Crippen molar-refractivity contribution in [1.29, 1.82) is 0 Å². The van der Waals surface area contributed by atoms with Crippen LogP contribution in [0.5, 0.6) is 0 Å². The van der Waals surface area contributed by atoms with E-state index in [9.17, 15) is 0 Å². The van der Waals surface area contributed by atoms with Crippen molar-refractivity contribution in [3.63, 3.8) is 0 Å². The Morgan fingerprint density at radius 2 is 1.63 bits per heavy atom. The van der Waals surface area contributed by atoms with Crippen molar-refractivity contribution in [2.24, 2.45) is 0 Å². The highest BCUT2D eigenvalue weighted by atomic mass is 15.1. The van der Waals surface area contributed by atoms with Crippen molar-refractivity contribution in [3.05, 3.63) is 35.4 Å². The van der Waals surface area contributed by atoms with Gasteiger partial charge in [-0.2, -0.15) is 0 Å². The molecule has 1 aromatic rings. The molecule has 2 nitrogen and oxygen atoms in total. The highest BCUT2D eigenvalue weighted by Crippen LogP contribution is 2.22. The van der Waals surface area contributed by atoms with Gasteiger partial charge in [-0.15, -0.1) is 0 Å². The third-order valence-electron chi connectivity index (χ3n) is 4.32. The maximum absolute atomic E-state index is 3.59. The second kappa shape index (κ2) is 6.53. The van der Waals surface area contributed by atoms with Gasteiger partial charge >= 0.3 is 0 Å². The lowest BCUT2D eigenvalue weighted by Crippen LogP contribution is -2.18. The topological polar surface area (TPSA) is 15.3 Å². The third-order valence-corrected chi connectivity index (χ3v) is 4.32. The van der Waals surface area contributed by atoms with Crippen molar-refractivity contribution in [1.82, 2.24) is 10.2 Å². The molecule has 1 aliphatic carbocycles. The van der Waals surface area contributed by atoms with E-state index in [1.54, 1.807) is 0 Å². The maximum atomic E-state index is 3.59. The Hall–Kier alpha value is -0.860. The number of nitrogens with zero attached hydrogens (tertiary/aromatic N) is 1. The molecule has 1 aliphatic heterocycles. The van der Waals surface area contributed by atoms with E-state index in [4.69, 9.17) is 0 Å². The van der Waals surface area contributed by atoms with Crippen molar-refractivity contribution < 1.29 is 0 Å². The highest BCUT2D eigenvalue weighted by molar-refractivity contribution is 5.30. The van der Waals surface area contributed by atoms with Crippen LogP contribution < -0.4 is 5.32 Å². The molecule has 19 heavy (non-hydrogen) atoms. The van der Waals surface area contributed by atoms with Crippen LogP contribution in [-0.2, 0) is 13.1 Å². The SMILES string of the molecule is c1ccc2c(c1)CN(CCCCCCNC1CC1)C2. The molecule has 2 aliphatic rings. The van der Waals surface area contributed by atoms with Crippen LogP contribution in [0.25, 0.3) is 0 Å². The molecule has 0 saturated heterocycles. The fourth-order valence-electron chi connectivity index (χ4n) is 2.97. The number of rotatable bonds is 8. The lowest BCUT2D eigenvalue weighted by Gasteiger charge is -2.14. The van der Waals surface area contributed by atoms with E-state index < -0.39 is 0 Å². The van der Waals surface area contributed by atoms with Crippen LogP contribution in [0.4, 0.5) is 0 Å². The van der Waals surface area contributed by atoms with E-state index in [0.717, 1.165) is 6.04 Å². The fourth-order valence-corrected chi connectivity index (χ4v) is 2.97. The van der Waals surface area contributed by atoms with Gasteiger partial charge in [0.25, 0.3) is 0 Å². The minimum absolute atomic E-state index is 0.878. The number of nitrogens with one attached hydrogen (secondary N) is 1. The predicted octanol–water partition coefficient (Wildman–Crippen LogP) is 3.31. The minimum atomic E-state index is 0.878. The number of fused-ring (bicyclic) bond motifs is 1. The van der Waals surface area contributed by atoms with Gasteiger partial charge in [0.2, 0.25) is 0 Å². The fraction of sp³-hybridized carbons (Fsp3) is 0.647. The van der Waals surface area contributed by atoms with E-state index in [-0.39, 0.29) is 0 Å². The van der Waals surface area contributed by atoms with Crippen molar-refractivity contribution >= 4 is 0 Å². The standard InChI is InChI=1S/C17H26N2/c1(5-11-18-17-9-10-17)2-6-12-19-13-15-7-3-4-8-16(15)14-19/h3-4,7-8,17-18H,1-2,5-6,9-14H2. The Kier molecular flexibility index (Phi) is 4.52. The molecule has 2 heteroatoms. The molecule has 0 unspecified atom stereocenters. The normalized spacial score (nSPS) is 18.7. The average molecular weight is 258 g/mol. The summed E-state index contributed by atoms with van der Waals surface area (Å²) < 4.78 is 0. The maximum Gasteiger partial charge on any atom is 0.0240 e. The Labute approximate surface area is 117 Å². The Morgan fingerprint density at radius 3 is 2.32 bits per heavy atom. The van der Waals surface area contributed by atoms with Crippen molar-refractivity contribution in [3.8, 4) is 0 Å². The summed E-state index contributed by atoms with van der Waals surface area (Å²) in [6, 6.07) is 9.76. The van der Waals surface area contributed by atoms with Crippen molar-refractivity contribution in [2.75, 3.05) is 13.1 Å². The zero-order chi connectivity index (χ0) is 12.9. The van der Waals surface area contributed by atoms with Crippen LogP contribution in [0.1, 0.15) is 49.7 Å². The van der Waals surface area contributed by atoms with Crippen LogP contribution in [-0.4, -0.2) is 24.0 Å². The largest absolute Gasteiger partial charge is 0.314 e. The summed E-state index contributed by atoms with van der Waals surface area (Å²) in [6.07, 6.45) is 8.32. The first-order valence-corrected chi connectivity index (χ1v) is 7.94. The summed E-state index contributed by atoms with van der Waals surface area (Å²) in [6.45, 7) is 4.84. The molecular weight excluding hydrogens is 232 g/mol. The van der Waals surface area contributed by atoms with Gasteiger partial charge in [-0.25, -0.2) is 0 Å². The van der Waals surface area contributed by atoms with Gasteiger partial charge in [0, 0.05) is 19.1 Å². The van der Waals surface area contributed by atoms with Crippen LogP contribution >= 0.6 is 0 Å². The summed E-state index contributed by atoms with van der Waals surface area (Å²) in [5, 5.41) is 3.59. The van der Waals surface area contributed by atoms with Crippen LogP contribution in [0.3, 0.4) is 0 Å². The van der Waals surface area contributed by atoms with Crippen molar-refractivity contribution in [2.45, 2.75) is 57.7 Å². The summed E-state index contributed by atoms with van der Waals surface area (Å²) >= 11 is 0. The van der Waals surface area contributed by atoms with E-state index in [1.807, 2.05) is 0 Å². The quantitative estimate of drug-likeness (QED) is 0.720. The monoisotopic (exact) mass is 258 g/mol. The minimum Gasteiger partial charge on any atom is -0.314 e. The second-order valence-electron chi connectivity index (χ2n) is 6.12. The van der Waals surface area contributed by atoms with Crippen LogP contribution in [0.2, 0.25) is 0 Å². The second-order valence-corrected chi connectivity index (χ2v) is 6.12. The zero-order valence-electron chi connectivity index (χ0n) is 11.9. The number of hydrogen-bond acceptors (Lipinski definition) is 2. The zero-order valence-corrected chi connectivity index (χ0v) is 11.9. The van der Waals surface area contributed by atoms with Gasteiger partial charge in [-0.1, -0.05) is 37.1 Å². The highest BCUT2D eigenvalue weighted by Gasteiger charge is 2.19. The van der Waals surface area contributed by atoms with Gasteiger partial charge in [0.1, 0.15) is 0 Å². The Morgan fingerprint density at radius 1 is 0.947 bits per heavy atom. The third kappa shape index (κ3) is 4.05. The molecular formula is C17H26N2. The Balaban J connectivity index is 1.23. The molecule has 1 saturated carbocycles. The summed E-state index contributed by atoms with van der Waals surface area (Å²) in [7, 11) is 0. The lowest BCUT2D eigenvalue weighted by molar-refractivity contribution is 0.276. The molecule has 3 rings (SSSR count).